The first-order valence-corrected chi connectivity index (χ1v) is 4.14. The Morgan fingerprint density at radius 1 is 1.64 bits per heavy atom. The lowest BCUT2D eigenvalue weighted by molar-refractivity contribution is -0.140. The molecule has 2 atom stereocenters. The molecule has 1 fully saturated rings. The first-order valence-electron chi connectivity index (χ1n) is 4.14. The molecular formula is C9H12O2. The van der Waals surface area contributed by atoms with Gasteiger partial charge in [0.1, 0.15) is 0 Å². The van der Waals surface area contributed by atoms with Crippen molar-refractivity contribution in [2.45, 2.75) is 19.8 Å². The summed E-state index contributed by atoms with van der Waals surface area (Å²) in [5.41, 5.74) is 1.31. The van der Waals surface area contributed by atoms with Gasteiger partial charge in [0.05, 0.1) is 6.61 Å². The van der Waals surface area contributed by atoms with Crippen LogP contribution in [0.1, 0.15) is 19.8 Å². The highest BCUT2D eigenvalue weighted by Gasteiger charge is 2.32. The minimum atomic E-state index is -0.148. The monoisotopic (exact) mass is 152 g/mol. The lowest BCUT2D eigenvalue weighted by Gasteiger charge is -2.20. The van der Waals surface area contributed by atoms with E-state index >= 15 is 0 Å². The highest BCUT2D eigenvalue weighted by molar-refractivity contribution is 5.83. The van der Waals surface area contributed by atoms with Gasteiger partial charge in [0, 0.05) is 12.0 Å². The number of cyclic esters (lactones) is 1. The zero-order chi connectivity index (χ0) is 7.84. The number of rotatable bonds is 0. The summed E-state index contributed by atoms with van der Waals surface area (Å²) in [4.78, 5) is 10.8. The van der Waals surface area contributed by atoms with Crippen LogP contribution in [-0.2, 0) is 9.53 Å². The van der Waals surface area contributed by atoms with E-state index in [9.17, 15) is 4.79 Å². The Hall–Kier alpha value is -0.790. The summed E-state index contributed by atoms with van der Waals surface area (Å²) in [6.07, 6.45) is 3.99. The van der Waals surface area contributed by atoms with Gasteiger partial charge in [-0.3, -0.25) is 0 Å². The van der Waals surface area contributed by atoms with Gasteiger partial charge in [0.2, 0.25) is 0 Å². The van der Waals surface area contributed by atoms with Crippen molar-refractivity contribution >= 4 is 5.97 Å². The second-order valence-corrected chi connectivity index (χ2v) is 3.47. The van der Waals surface area contributed by atoms with Crippen LogP contribution in [0, 0.1) is 11.8 Å². The molecule has 0 aromatic heterocycles. The first-order chi connectivity index (χ1) is 5.27. The van der Waals surface area contributed by atoms with Crippen LogP contribution in [-0.4, -0.2) is 12.6 Å². The van der Waals surface area contributed by atoms with Crippen LogP contribution < -0.4 is 0 Å². The Kier molecular flexibility index (Phi) is 1.48. The predicted molar refractivity (Wildman–Crippen MR) is 40.9 cm³/mol. The maximum absolute atomic E-state index is 10.8. The fourth-order valence-corrected chi connectivity index (χ4v) is 1.96. The standard InChI is InChI=1S/C9H12O2/c1-6-2-3-7-4-9(10)11-5-8(6)7/h4,6,8H,2-3,5H2,1H3/t6-,8+/m0/s1. The second-order valence-electron chi connectivity index (χ2n) is 3.47. The molecule has 2 nitrogen and oxygen atoms in total. The largest absolute Gasteiger partial charge is 0.462 e. The molecule has 0 bridgehead atoms. The van der Waals surface area contributed by atoms with E-state index in [-0.39, 0.29) is 5.97 Å². The molecule has 2 heteroatoms. The van der Waals surface area contributed by atoms with Crippen molar-refractivity contribution in [1.82, 2.24) is 0 Å². The first kappa shape index (κ1) is 6.89. The van der Waals surface area contributed by atoms with Crippen molar-refractivity contribution in [3.05, 3.63) is 11.6 Å². The van der Waals surface area contributed by atoms with Crippen LogP contribution in [0.25, 0.3) is 0 Å². The number of carbonyl (C=O) groups excluding carboxylic acids is 1. The van der Waals surface area contributed by atoms with E-state index in [4.69, 9.17) is 4.74 Å². The van der Waals surface area contributed by atoms with Crippen molar-refractivity contribution in [3.8, 4) is 0 Å². The summed E-state index contributed by atoms with van der Waals surface area (Å²) >= 11 is 0. The topological polar surface area (TPSA) is 26.3 Å². The van der Waals surface area contributed by atoms with Crippen LogP contribution in [0.2, 0.25) is 0 Å². The molecule has 2 rings (SSSR count). The molecule has 60 valence electrons. The lowest BCUT2D eigenvalue weighted by Crippen LogP contribution is -2.21. The smallest absolute Gasteiger partial charge is 0.330 e. The molecule has 0 unspecified atom stereocenters. The third kappa shape index (κ3) is 1.06. The fraction of sp³-hybridized carbons (Fsp3) is 0.667. The Morgan fingerprint density at radius 2 is 2.45 bits per heavy atom. The quantitative estimate of drug-likeness (QED) is 0.492. The van der Waals surface area contributed by atoms with E-state index < -0.39 is 0 Å². The maximum Gasteiger partial charge on any atom is 0.330 e. The molecule has 0 saturated heterocycles. The van der Waals surface area contributed by atoms with Crippen molar-refractivity contribution in [1.29, 1.82) is 0 Å². The highest BCUT2D eigenvalue weighted by Crippen LogP contribution is 2.38. The van der Waals surface area contributed by atoms with E-state index in [1.165, 1.54) is 12.0 Å². The van der Waals surface area contributed by atoms with Gasteiger partial charge in [0.15, 0.2) is 0 Å². The minimum absolute atomic E-state index is 0.148. The van der Waals surface area contributed by atoms with E-state index in [2.05, 4.69) is 6.92 Å². The molecule has 1 saturated carbocycles. The summed E-state index contributed by atoms with van der Waals surface area (Å²) in [7, 11) is 0. The van der Waals surface area contributed by atoms with Gasteiger partial charge in [-0.1, -0.05) is 12.5 Å². The van der Waals surface area contributed by atoms with E-state index in [0.29, 0.717) is 18.4 Å². The van der Waals surface area contributed by atoms with Crippen molar-refractivity contribution < 1.29 is 9.53 Å². The molecule has 0 aromatic rings. The van der Waals surface area contributed by atoms with Crippen molar-refractivity contribution in [2.75, 3.05) is 6.61 Å². The number of carbonyl (C=O) groups is 1. The summed E-state index contributed by atoms with van der Waals surface area (Å²) < 4.78 is 4.95. The van der Waals surface area contributed by atoms with Gasteiger partial charge in [-0.2, -0.15) is 0 Å². The maximum atomic E-state index is 10.8. The molecule has 0 amide bonds. The number of ether oxygens (including phenoxy) is 1. The van der Waals surface area contributed by atoms with Crippen LogP contribution in [0.5, 0.6) is 0 Å². The van der Waals surface area contributed by atoms with Crippen molar-refractivity contribution in [2.24, 2.45) is 11.8 Å². The van der Waals surface area contributed by atoms with Gasteiger partial charge < -0.3 is 4.74 Å². The molecular weight excluding hydrogens is 140 g/mol. The second kappa shape index (κ2) is 2.36. The van der Waals surface area contributed by atoms with Crippen molar-refractivity contribution in [3.63, 3.8) is 0 Å². The average molecular weight is 152 g/mol. The summed E-state index contributed by atoms with van der Waals surface area (Å²) in [5.74, 6) is 1.09. The van der Waals surface area contributed by atoms with Crippen LogP contribution in [0.4, 0.5) is 0 Å². The molecule has 0 spiro atoms. The molecule has 2 aliphatic rings. The molecule has 1 aliphatic heterocycles. The Bertz CT molecular complexity index is 218. The Balaban J connectivity index is 2.24. The average Bonchev–Trinajstić information content (AvgIpc) is 2.32. The van der Waals surface area contributed by atoms with Crippen LogP contribution >= 0.6 is 0 Å². The molecule has 11 heavy (non-hydrogen) atoms. The van der Waals surface area contributed by atoms with E-state index in [1.54, 1.807) is 6.08 Å². The summed E-state index contributed by atoms with van der Waals surface area (Å²) in [6, 6.07) is 0. The Labute approximate surface area is 66.2 Å². The van der Waals surface area contributed by atoms with Gasteiger partial charge in [0.25, 0.3) is 0 Å². The van der Waals surface area contributed by atoms with Gasteiger partial charge in [-0.05, 0) is 18.8 Å². The molecule has 0 N–H and O–H groups in total. The third-order valence-electron chi connectivity index (χ3n) is 2.76. The van der Waals surface area contributed by atoms with Gasteiger partial charge >= 0.3 is 5.97 Å². The fourth-order valence-electron chi connectivity index (χ4n) is 1.96. The highest BCUT2D eigenvalue weighted by atomic mass is 16.5. The summed E-state index contributed by atoms with van der Waals surface area (Å²) in [5, 5.41) is 0. The summed E-state index contributed by atoms with van der Waals surface area (Å²) in [6.45, 7) is 2.84. The lowest BCUT2D eigenvalue weighted by atomic mass is 9.94. The van der Waals surface area contributed by atoms with Crippen LogP contribution in [0.3, 0.4) is 0 Å². The number of esters is 1. The normalized spacial score (nSPS) is 36.1. The number of hydrogen-bond donors (Lipinski definition) is 0. The van der Waals surface area contributed by atoms with E-state index in [1.807, 2.05) is 0 Å². The number of fused-ring (bicyclic) bond motifs is 1. The van der Waals surface area contributed by atoms with Gasteiger partial charge in [-0.25, -0.2) is 4.79 Å². The molecule has 1 heterocycles. The Morgan fingerprint density at radius 3 is 3.27 bits per heavy atom. The zero-order valence-electron chi connectivity index (χ0n) is 6.67. The van der Waals surface area contributed by atoms with E-state index in [0.717, 1.165) is 6.42 Å². The predicted octanol–water partition coefficient (Wildman–Crippen LogP) is 1.52. The van der Waals surface area contributed by atoms with Crippen LogP contribution in [0.15, 0.2) is 11.6 Å². The molecule has 1 aliphatic carbocycles. The minimum Gasteiger partial charge on any atom is -0.462 e. The molecule has 0 aromatic carbocycles. The third-order valence-corrected chi connectivity index (χ3v) is 2.76. The number of hydrogen-bond acceptors (Lipinski definition) is 2. The zero-order valence-corrected chi connectivity index (χ0v) is 6.67. The van der Waals surface area contributed by atoms with Gasteiger partial charge in [-0.15, -0.1) is 0 Å². The molecule has 0 radical (unpaired) electrons. The SMILES string of the molecule is C[C@H]1CCC2=CC(=O)OC[C@@H]21.